The molecule has 3 aromatic heterocycles. The lowest BCUT2D eigenvalue weighted by molar-refractivity contribution is 0.0920. The summed E-state index contributed by atoms with van der Waals surface area (Å²) in [6.45, 7) is 2.69. The first-order valence-electron chi connectivity index (χ1n) is 11.1. The molecule has 0 atom stereocenters. The lowest BCUT2D eigenvalue weighted by Crippen LogP contribution is -2.22. The van der Waals surface area contributed by atoms with E-state index in [-0.39, 0.29) is 17.6 Å². The third-order valence-electron chi connectivity index (χ3n) is 5.49. The molecule has 174 valence electrons. The number of fused-ring (bicyclic) bond motifs is 1. The van der Waals surface area contributed by atoms with Crippen LogP contribution in [0.1, 0.15) is 37.8 Å². The minimum absolute atomic E-state index is 0.225. The fourth-order valence-electron chi connectivity index (χ4n) is 3.62. The van der Waals surface area contributed by atoms with Gasteiger partial charge in [0.1, 0.15) is 5.76 Å². The van der Waals surface area contributed by atoms with Crippen molar-refractivity contribution in [3.05, 3.63) is 118 Å². The van der Waals surface area contributed by atoms with Crippen molar-refractivity contribution < 1.29 is 14.0 Å². The van der Waals surface area contributed by atoms with Gasteiger partial charge in [0.2, 0.25) is 0 Å². The Labute approximate surface area is 205 Å². The zero-order chi connectivity index (χ0) is 24.2. The number of hydrogen-bond acceptors (Lipinski definition) is 5. The summed E-state index contributed by atoms with van der Waals surface area (Å²) in [6.07, 6.45) is 3.36. The highest BCUT2D eigenvalue weighted by atomic mass is 32.1. The maximum Gasteiger partial charge on any atom is 0.287 e. The molecule has 5 rings (SSSR count). The van der Waals surface area contributed by atoms with Gasteiger partial charge >= 0.3 is 0 Å². The van der Waals surface area contributed by atoms with Crippen LogP contribution in [0.2, 0.25) is 0 Å². The highest BCUT2D eigenvalue weighted by molar-refractivity contribution is 7.16. The summed E-state index contributed by atoms with van der Waals surface area (Å²) in [7, 11) is 0. The zero-order valence-electron chi connectivity index (χ0n) is 19.0. The third kappa shape index (κ3) is 5.12. The molecule has 0 saturated carbocycles. The maximum absolute atomic E-state index is 12.8. The molecular weight excluding hydrogens is 460 g/mol. The summed E-state index contributed by atoms with van der Waals surface area (Å²) in [5.74, 6) is 0.212. The third-order valence-corrected chi connectivity index (χ3v) is 6.55. The monoisotopic (exact) mass is 482 g/mol. The van der Waals surface area contributed by atoms with E-state index >= 15 is 0 Å². The van der Waals surface area contributed by atoms with Crippen molar-refractivity contribution >= 4 is 33.4 Å². The summed E-state index contributed by atoms with van der Waals surface area (Å²) in [5, 5.41) is 2.85. The summed E-state index contributed by atoms with van der Waals surface area (Å²) < 4.78 is 8.79. The average molecular weight is 483 g/mol. The molecule has 0 aliphatic rings. The number of para-hydroxylation sites is 1. The van der Waals surface area contributed by atoms with Crippen LogP contribution in [0.15, 0.2) is 94.6 Å². The Morgan fingerprint density at radius 1 is 1.00 bits per heavy atom. The molecule has 0 radical (unpaired) electrons. The van der Waals surface area contributed by atoms with Crippen molar-refractivity contribution in [1.29, 1.82) is 0 Å². The van der Waals surface area contributed by atoms with E-state index in [9.17, 15) is 9.59 Å². The smallest absolute Gasteiger partial charge is 0.287 e. The Morgan fingerprint density at radius 3 is 2.57 bits per heavy atom. The van der Waals surface area contributed by atoms with E-state index in [1.807, 2.05) is 60.0 Å². The average Bonchev–Trinajstić information content (AvgIpc) is 3.49. The fraction of sp³-hybridized carbons (Fsp3) is 0.111. The number of amides is 2. The highest BCUT2D eigenvalue weighted by Crippen LogP contribution is 2.19. The number of thiazole rings is 1. The van der Waals surface area contributed by atoms with Crippen LogP contribution < -0.4 is 10.1 Å². The summed E-state index contributed by atoms with van der Waals surface area (Å²) >= 11 is 1.44. The van der Waals surface area contributed by atoms with Gasteiger partial charge < -0.3 is 14.3 Å². The molecule has 8 heteroatoms. The maximum atomic E-state index is 12.8. The van der Waals surface area contributed by atoms with Crippen LogP contribution in [-0.2, 0) is 13.1 Å². The fourth-order valence-corrected chi connectivity index (χ4v) is 4.65. The van der Waals surface area contributed by atoms with E-state index in [2.05, 4.69) is 15.3 Å². The lowest BCUT2D eigenvalue weighted by atomic mass is 10.1. The van der Waals surface area contributed by atoms with E-state index in [0.717, 1.165) is 21.3 Å². The van der Waals surface area contributed by atoms with Crippen molar-refractivity contribution in [2.24, 2.45) is 4.99 Å². The molecule has 0 unspecified atom stereocenters. The number of nitrogens with one attached hydrogen (secondary N) is 1. The van der Waals surface area contributed by atoms with Crippen molar-refractivity contribution in [3.8, 4) is 0 Å². The second-order valence-electron chi connectivity index (χ2n) is 8.03. The number of pyridine rings is 1. The Morgan fingerprint density at radius 2 is 1.77 bits per heavy atom. The van der Waals surface area contributed by atoms with E-state index in [1.54, 1.807) is 36.7 Å². The number of furan rings is 1. The Bertz CT molecular complexity index is 1560. The number of rotatable bonds is 6. The van der Waals surface area contributed by atoms with Crippen molar-refractivity contribution in [2.75, 3.05) is 0 Å². The second-order valence-corrected chi connectivity index (χ2v) is 9.03. The SMILES string of the molecule is Cc1ccc(C(=O)N=c2sc3ccccc3n2Cc2ccc(C(=O)NCc3ccncc3)o2)cc1. The van der Waals surface area contributed by atoms with Gasteiger partial charge in [-0.2, -0.15) is 4.99 Å². The number of aryl methyl sites for hydroxylation is 1. The lowest BCUT2D eigenvalue weighted by Gasteiger charge is -2.04. The Balaban J connectivity index is 1.40. The summed E-state index contributed by atoms with van der Waals surface area (Å²) in [4.78, 5) is 34.3. The van der Waals surface area contributed by atoms with Gasteiger partial charge in [0.05, 0.1) is 16.8 Å². The van der Waals surface area contributed by atoms with Crippen LogP contribution in [0, 0.1) is 6.92 Å². The molecule has 5 aromatic rings. The molecule has 0 fully saturated rings. The summed E-state index contributed by atoms with van der Waals surface area (Å²) in [6, 6.07) is 22.3. The predicted molar refractivity (Wildman–Crippen MR) is 134 cm³/mol. The molecule has 0 saturated heterocycles. The Hall–Kier alpha value is -4.30. The summed E-state index contributed by atoms with van der Waals surface area (Å²) in [5.41, 5.74) is 3.50. The van der Waals surface area contributed by atoms with Crippen LogP contribution in [0.5, 0.6) is 0 Å². The molecule has 0 aliphatic carbocycles. The zero-order valence-corrected chi connectivity index (χ0v) is 19.8. The number of hydrogen-bond donors (Lipinski definition) is 1. The number of carbonyl (C=O) groups is 2. The Kier molecular flexibility index (Phi) is 6.36. The predicted octanol–water partition coefficient (Wildman–Crippen LogP) is 4.72. The topological polar surface area (TPSA) is 89.5 Å². The van der Waals surface area contributed by atoms with Gasteiger partial charge in [0.25, 0.3) is 11.8 Å². The first-order chi connectivity index (χ1) is 17.1. The van der Waals surface area contributed by atoms with Crippen LogP contribution in [0.4, 0.5) is 0 Å². The van der Waals surface area contributed by atoms with E-state index in [0.29, 0.717) is 29.2 Å². The van der Waals surface area contributed by atoms with Crippen LogP contribution >= 0.6 is 11.3 Å². The molecule has 3 heterocycles. The van der Waals surface area contributed by atoms with E-state index in [1.165, 1.54) is 11.3 Å². The molecule has 2 amide bonds. The van der Waals surface area contributed by atoms with Gasteiger partial charge in [0.15, 0.2) is 10.6 Å². The van der Waals surface area contributed by atoms with E-state index < -0.39 is 0 Å². The van der Waals surface area contributed by atoms with Crippen LogP contribution in [0.25, 0.3) is 10.2 Å². The van der Waals surface area contributed by atoms with Crippen molar-refractivity contribution in [3.63, 3.8) is 0 Å². The van der Waals surface area contributed by atoms with Crippen molar-refractivity contribution in [2.45, 2.75) is 20.0 Å². The molecule has 2 aromatic carbocycles. The highest BCUT2D eigenvalue weighted by Gasteiger charge is 2.14. The van der Waals surface area contributed by atoms with Gasteiger partial charge in [-0.05, 0) is 61.0 Å². The largest absolute Gasteiger partial charge is 0.454 e. The molecule has 0 bridgehead atoms. The number of carbonyl (C=O) groups excluding carboxylic acids is 2. The first-order valence-corrected chi connectivity index (χ1v) is 11.9. The molecule has 1 N–H and O–H groups in total. The minimum Gasteiger partial charge on any atom is -0.454 e. The normalized spacial score (nSPS) is 11.6. The molecule has 0 spiro atoms. The van der Waals surface area contributed by atoms with Crippen LogP contribution in [0.3, 0.4) is 0 Å². The van der Waals surface area contributed by atoms with Gasteiger partial charge in [-0.3, -0.25) is 14.6 Å². The molecular formula is C27H22N4O3S. The first kappa shape index (κ1) is 22.5. The second kappa shape index (κ2) is 9.90. The van der Waals surface area contributed by atoms with Gasteiger partial charge in [-0.25, -0.2) is 0 Å². The number of aromatic nitrogens is 2. The van der Waals surface area contributed by atoms with Crippen molar-refractivity contribution in [1.82, 2.24) is 14.9 Å². The van der Waals surface area contributed by atoms with Gasteiger partial charge in [-0.1, -0.05) is 41.2 Å². The van der Waals surface area contributed by atoms with Crippen LogP contribution in [-0.4, -0.2) is 21.4 Å². The molecule has 35 heavy (non-hydrogen) atoms. The minimum atomic E-state index is -0.305. The molecule has 7 nitrogen and oxygen atoms in total. The van der Waals surface area contributed by atoms with Gasteiger partial charge in [-0.15, -0.1) is 0 Å². The number of nitrogens with zero attached hydrogens (tertiary/aromatic N) is 3. The standard InChI is InChI=1S/C27H22N4O3S/c1-18-6-8-20(9-7-18)25(32)30-27-31(22-4-2-3-5-24(22)35-27)17-21-10-11-23(34-21)26(33)29-16-19-12-14-28-15-13-19/h2-15H,16-17H2,1H3,(H,29,33). The van der Waals surface area contributed by atoms with E-state index in [4.69, 9.17) is 4.42 Å². The molecule has 0 aliphatic heterocycles. The van der Waals surface area contributed by atoms with Gasteiger partial charge in [0, 0.05) is 24.5 Å². The number of benzene rings is 2. The quantitative estimate of drug-likeness (QED) is 0.379.